The van der Waals surface area contributed by atoms with E-state index in [0.29, 0.717) is 5.92 Å². The number of allylic oxidation sites excluding steroid dienone is 2. The van der Waals surface area contributed by atoms with Crippen LogP contribution in [0.25, 0.3) is 0 Å². The smallest absolute Gasteiger partial charge is 0.00188 e. The Morgan fingerprint density at radius 1 is 0.786 bits per heavy atom. The highest BCUT2D eigenvalue weighted by Crippen LogP contribution is 2.18. The summed E-state index contributed by atoms with van der Waals surface area (Å²) in [5, 5.41) is 0. The van der Waals surface area contributed by atoms with Crippen molar-refractivity contribution < 1.29 is 0 Å². The van der Waals surface area contributed by atoms with Crippen molar-refractivity contribution in [3.8, 4) is 0 Å². The molecule has 28 heavy (non-hydrogen) atoms. The quantitative estimate of drug-likeness (QED) is 0.139. The van der Waals surface area contributed by atoms with Crippen LogP contribution in [0.2, 0.25) is 0 Å². The average Bonchev–Trinajstić information content (AvgIpc) is 2.68. The lowest BCUT2D eigenvalue weighted by Crippen LogP contribution is -2.25. The SMILES string of the molecule is C=CCCCCCCCC(C)CCCCCN(CC)CCCCC(C)C(=C)C. The standard InChI is InChI=1S/C27H53N/c1-7-9-10-11-12-13-15-20-26(5)21-16-14-18-23-28(8-2)24-19-17-22-27(6)25(3)4/h7,26-27H,1,3,8-24H2,2,4-6H3. The van der Waals surface area contributed by atoms with Gasteiger partial charge in [0.05, 0.1) is 0 Å². The molecule has 0 aromatic rings. The first kappa shape index (κ1) is 27.4. The predicted octanol–water partition coefficient (Wildman–Crippen LogP) is 8.80. The predicted molar refractivity (Wildman–Crippen MR) is 130 cm³/mol. The summed E-state index contributed by atoms with van der Waals surface area (Å²) in [5.41, 5.74) is 1.34. The van der Waals surface area contributed by atoms with E-state index in [9.17, 15) is 0 Å². The van der Waals surface area contributed by atoms with Crippen LogP contribution < -0.4 is 0 Å². The van der Waals surface area contributed by atoms with E-state index in [2.05, 4.69) is 45.8 Å². The molecule has 2 atom stereocenters. The fourth-order valence-electron chi connectivity index (χ4n) is 3.92. The Morgan fingerprint density at radius 2 is 1.29 bits per heavy atom. The van der Waals surface area contributed by atoms with Gasteiger partial charge < -0.3 is 4.90 Å². The third-order valence-electron chi connectivity index (χ3n) is 6.43. The highest BCUT2D eigenvalue weighted by atomic mass is 15.1. The van der Waals surface area contributed by atoms with Gasteiger partial charge in [-0.2, -0.15) is 0 Å². The molecule has 166 valence electrons. The summed E-state index contributed by atoms with van der Waals surface area (Å²) in [5.74, 6) is 1.61. The van der Waals surface area contributed by atoms with E-state index in [4.69, 9.17) is 0 Å². The first-order chi connectivity index (χ1) is 13.5. The summed E-state index contributed by atoms with van der Waals surface area (Å²) in [6, 6.07) is 0. The van der Waals surface area contributed by atoms with E-state index in [1.54, 1.807) is 0 Å². The molecule has 0 aliphatic carbocycles. The molecule has 0 aromatic carbocycles. The van der Waals surface area contributed by atoms with Crippen LogP contribution in [0.1, 0.15) is 118 Å². The van der Waals surface area contributed by atoms with Gasteiger partial charge in [0, 0.05) is 0 Å². The fourth-order valence-corrected chi connectivity index (χ4v) is 3.92. The van der Waals surface area contributed by atoms with E-state index in [0.717, 1.165) is 5.92 Å². The molecular weight excluding hydrogens is 338 g/mol. The summed E-state index contributed by atoms with van der Waals surface area (Å²) in [6.07, 6.45) is 21.3. The van der Waals surface area contributed by atoms with Crippen LogP contribution in [-0.4, -0.2) is 24.5 Å². The van der Waals surface area contributed by atoms with Gasteiger partial charge in [-0.1, -0.05) is 96.8 Å². The molecule has 0 aliphatic heterocycles. The summed E-state index contributed by atoms with van der Waals surface area (Å²) >= 11 is 0. The van der Waals surface area contributed by atoms with E-state index in [1.807, 2.05) is 6.08 Å². The topological polar surface area (TPSA) is 3.24 Å². The second-order valence-electron chi connectivity index (χ2n) is 9.27. The highest BCUT2D eigenvalue weighted by molar-refractivity contribution is 4.93. The van der Waals surface area contributed by atoms with Gasteiger partial charge in [-0.25, -0.2) is 0 Å². The largest absolute Gasteiger partial charge is 0.304 e. The molecule has 0 amide bonds. The first-order valence-corrected chi connectivity index (χ1v) is 12.5. The number of hydrogen-bond acceptors (Lipinski definition) is 1. The fraction of sp³-hybridized carbons (Fsp3) is 0.852. The van der Waals surface area contributed by atoms with E-state index >= 15 is 0 Å². The van der Waals surface area contributed by atoms with Crippen molar-refractivity contribution in [2.45, 2.75) is 118 Å². The highest BCUT2D eigenvalue weighted by Gasteiger charge is 2.06. The van der Waals surface area contributed by atoms with Crippen LogP contribution in [0, 0.1) is 11.8 Å². The third-order valence-corrected chi connectivity index (χ3v) is 6.43. The first-order valence-electron chi connectivity index (χ1n) is 12.5. The molecule has 0 saturated heterocycles. The minimum absolute atomic E-state index is 0.689. The lowest BCUT2D eigenvalue weighted by atomic mass is 9.96. The summed E-state index contributed by atoms with van der Waals surface area (Å²) in [6.45, 7) is 20.9. The molecule has 0 rings (SSSR count). The van der Waals surface area contributed by atoms with Crippen molar-refractivity contribution in [3.05, 3.63) is 24.8 Å². The van der Waals surface area contributed by atoms with Crippen molar-refractivity contribution in [2.75, 3.05) is 19.6 Å². The maximum absolute atomic E-state index is 4.08. The molecule has 2 unspecified atom stereocenters. The molecule has 0 radical (unpaired) electrons. The maximum Gasteiger partial charge on any atom is -0.00188 e. The van der Waals surface area contributed by atoms with E-state index in [-0.39, 0.29) is 0 Å². The second-order valence-corrected chi connectivity index (χ2v) is 9.27. The zero-order valence-corrected chi connectivity index (χ0v) is 20.1. The van der Waals surface area contributed by atoms with Crippen LogP contribution in [-0.2, 0) is 0 Å². The normalized spacial score (nSPS) is 13.6. The number of nitrogens with zero attached hydrogens (tertiary/aromatic N) is 1. The lowest BCUT2D eigenvalue weighted by molar-refractivity contribution is 0.271. The minimum Gasteiger partial charge on any atom is -0.304 e. The summed E-state index contributed by atoms with van der Waals surface area (Å²) in [4.78, 5) is 2.65. The molecular formula is C27H53N. The van der Waals surface area contributed by atoms with Gasteiger partial charge in [0.1, 0.15) is 0 Å². The molecule has 0 fully saturated rings. The average molecular weight is 392 g/mol. The Balaban J connectivity index is 3.52. The Morgan fingerprint density at radius 3 is 1.86 bits per heavy atom. The van der Waals surface area contributed by atoms with Gasteiger partial charge in [0.25, 0.3) is 0 Å². The minimum atomic E-state index is 0.689. The van der Waals surface area contributed by atoms with E-state index in [1.165, 1.54) is 115 Å². The second kappa shape index (κ2) is 19.7. The molecule has 0 aliphatic rings. The van der Waals surface area contributed by atoms with Crippen LogP contribution in [0.15, 0.2) is 24.8 Å². The van der Waals surface area contributed by atoms with Gasteiger partial charge in [0.2, 0.25) is 0 Å². The van der Waals surface area contributed by atoms with Gasteiger partial charge in [-0.15, -0.1) is 6.58 Å². The van der Waals surface area contributed by atoms with Gasteiger partial charge in [-0.3, -0.25) is 0 Å². The Kier molecular flexibility index (Phi) is 19.3. The van der Waals surface area contributed by atoms with Crippen molar-refractivity contribution in [1.29, 1.82) is 0 Å². The Hall–Kier alpha value is -0.560. The molecule has 0 spiro atoms. The van der Waals surface area contributed by atoms with Crippen LogP contribution >= 0.6 is 0 Å². The maximum atomic E-state index is 4.08. The lowest BCUT2D eigenvalue weighted by Gasteiger charge is -2.21. The zero-order valence-electron chi connectivity index (χ0n) is 20.1. The Labute approximate surface area is 179 Å². The van der Waals surface area contributed by atoms with Gasteiger partial charge in [-0.05, 0) is 70.5 Å². The van der Waals surface area contributed by atoms with Crippen molar-refractivity contribution in [1.82, 2.24) is 4.90 Å². The summed E-state index contributed by atoms with van der Waals surface area (Å²) in [7, 11) is 0. The van der Waals surface area contributed by atoms with Crippen LogP contribution in [0.4, 0.5) is 0 Å². The number of unbranched alkanes of at least 4 members (excludes halogenated alkanes) is 8. The van der Waals surface area contributed by atoms with Gasteiger partial charge >= 0.3 is 0 Å². The molecule has 1 nitrogen and oxygen atoms in total. The van der Waals surface area contributed by atoms with E-state index < -0.39 is 0 Å². The molecule has 0 heterocycles. The number of hydrogen-bond donors (Lipinski definition) is 0. The molecule has 0 aromatic heterocycles. The van der Waals surface area contributed by atoms with Crippen molar-refractivity contribution in [2.24, 2.45) is 11.8 Å². The Bertz CT molecular complexity index is 359. The zero-order chi connectivity index (χ0) is 21.0. The van der Waals surface area contributed by atoms with Gasteiger partial charge in [0.15, 0.2) is 0 Å². The molecule has 0 saturated carbocycles. The monoisotopic (exact) mass is 391 g/mol. The van der Waals surface area contributed by atoms with Crippen LogP contribution in [0.5, 0.6) is 0 Å². The molecule has 1 heteroatoms. The van der Waals surface area contributed by atoms with Crippen molar-refractivity contribution >= 4 is 0 Å². The van der Waals surface area contributed by atoms with Crippen LogP contribution in [0.3, 0.4) is 0 Å². The summed E-state index contributed by atoms with van der Waals surface area (Å²) < 4.78 is 0. The molecule has 0 N–H and O–H groups in total. The van der Waals surface area contributed by atoms with Crippen molar-refractivity contribution in [3.63, 3.8) is 0 Å². The third kappa shape index (κ3) is 17.5. The number of rotatable bonds is 21. The molecule has 0 bridgehead atoms.